The summed E-state index contributed by atoms with van der Waals surface area (Å²) in [4.78, 5) is 12.0. The zero-order valence-electron chi connectivity index (χ0n) is 15.9. The van der Waals surface area contributed by atoms with Gasteiger partial charge in [-0.05, 0) is 41.5 Å². The van der Waals surface area contributed by atoms with Gasteiger partial charge in [-0.1, -0.05) is 30.3 Å². The number of amides is 1. The first kappa shape index (κ1) is 18.1. The number of hydrogen-bond donors (Lipinski definition) is 1. The molecule has 5 heteroatoms. The Morgan fingerprint density at radius 3 is 2.39 bits per heavy atom. The van der Waals surface area contributed by atoms with Crippen molar-refractivity contribution in [3.05, 3.63) is 77.4 Å². The van der Waals surface area contributed by atoms with E-state index in [0.717, 1.165) is 38.7 Å². The molecule has 0 atom stereocenters. The lowest BCUT2D eigenvalue weighted by atomic mass is 10.0. The maximum Gasteiger partial charge on any atom is 0.249 e. The van der Waals surface area contributed by atoms with Gasteiger partial charge < -0.3 is 19.8 Å². The third-order valence-corrected chi connectivity index (χ3v) is 5.03. The first-order valence-electron chi connectivity index (χ1n) is 9.08. The number of carbonyl (C=O) groups excluding carboxylic acids is 1. The summed E-state index contributed by atoms with van der Waals surface area (Å²) in [6, 6.07) is 19.9. The zero-order chi connectivity index (χ0) is 19.7. The van der Waals surface area contributed by atoms with Crippen LogP contribution in [0.15, 0.2) is 60.7 Å². The molecule has 1 aromatic heterocycles. The highest BCUT2D eigenvalue weighted by atomic mass is 16.5. The smallest absolute Gasteiger partial charge is 0.249 e. The first-order chi connectivity index (χ1) is 13.6. The number of rotatable bonds is 6. The Morgan fingerprint density at radius 1 is 0.964 bits per heavy atom. The minimum atomic E-state index is -0.421. The van der Waals surface area contributed by atoms with Crippen molar-refractivity contribution in [2.75, 3.05) is 14.2 Å². The van der Waals surface area contributed by atoms with Crippen molar-refractivity contribution in [3.8, 4) is 5.75 Å². The summed E-state index contributed by atoms with van der Waals surface area (Å²) >= 11 is 0. The first-order valence-corrected chi connectivity index (χ1v) is 9.08. The highest BCUT2D eigenvalue weighted by Crippen LogP contribution is 2.33. The molecule has 1 amide bonds. The van der Waals surface area contributed by atoms with Crippen LogP contribution in [0.4, 0.5) is 0 Å². The van der Waals surface area contributed by atoms with Crippen LogP contribution >= 0.6 is 0 Å². The molecule has 0 bridgehead atoms. The summed E-state index contributed by atoms with van der Waals surface area (Å²) in [5, 5.41) is 1.90. The molecule has 0 aliphatic carbocycles. The molecule has 0 spiro atoms. The van der Waals surface area contributed by atoms with Crippen molar-refractivity contribution in [1.29, 1.82) is 0 Å². The monoisotopic (exact) mass is 374 g/mol. The molecule has 142 valence electrons. The number of fused-ring (bicyclic) bond motifs is 3. The summed E-state index contributed by atoms with van der Waals surface area (Å²) in [5.41, 5.74) is 10.4. The third kappa shape index (κ3) is 3.10. The van der Waals surface area contributed by atoms with E-state index in [1.54, 1.807) is 20.3 Å². The number of hydrogen-bond acceptors (Lipinski definition) is 3. The lowest BCUT2D eigenvalue weighted by Gasteiger charge is -2.10. The fourth-order valence-electron chi connectivity index (χ4n) is 3.74. The van der Waals surface area contributed by atoms with Crippen LogP contribution in [0, 0.1) is 0 Å². The van der Waals surface area contributed by atoms with Crippen molar-refractivity contribution >= 4 is 27.7 Å². The molecule has 0 aliphatic heterocycles. The quantitative estimate of drug-likeness (QED) is 0.553. The number of nitrogens with zero attached hydrogens (tertiary/aromatic N) is 1. The van der Waals surface area contributed by atoms with Crippen molar-refractivity contribution in [2.24, 2.45) is 5.73 Å². The molecule has 0 saturated heterocycles. The molecule has 1 heterocycles. The van der Waals surface area contributed by atoms with Crippen LogP contribution in [0.1, 0.15) is 21.5 Å². The zero-order valence-corrected chi connectivity index (χ0v) is 15.9. The van der Waals surface area contributed by atoms with Crippen molar-refractivity contribution in [1.82, 2.24) is 4.57 Å². The number of ether oxygens (including phenoxy) is 2. The molecule has 3 aromatic carbocycles. The largest absolute Gasteiger partial charge is 0.497 e. The molecule has 5 nitrogen and oxygen atoms in total. The molecule has 0 saturated carbocycles. The molecule has 0 radical (unpaired) electrons. The third-order valence-electron chi connectivity index (χ3n) is 5.03. The van der Waals surface area contributed by atoms with E-state index in [0.29, 0.717) is 18.7 Å². The molecule has 0 unspecified atom stereocenters. The van der Waals surface area contributed by atoms with Crippen LogP contribution < -0.4 is 10.5 Å². The second kappa shape index (κ2) is 7.37. The molecule has 4 rings (SSSR count). The second-order valence-electron chi connectivity index (χ2n) is 6.78. The van der Waals surface area contributed by atoms with E-state index in [2.05, 4.69) is 10.6 Å². The van der Waals surface area contributed by atoms with Gasteiger partial charge in [0.1, 0.15) is 5.75 Å². The number of carbonyl (C=O) groups is 1. The van der Waals surface area contributed by atoms with Crippen molar-refractivity contribution in [3.63, 3.8) is 0 Å². The molecule has 4 aromatic rings. The van der Waals surface area contributed by atoms with E-state index in [4.69, 9.17) is 15.2 Å². The summed E-state index contributed by atoms with van der Waals surface area (Å²) in [6.07, 6.45) is 0. The Morgan fingerprint density at radius 2 is 1.71 bits per heavy atom. The summed E-state index contributed by atoms with van der Waals surface area (Å²) in [5.74, 6) is 0.402. The van der Waals surface area contributed by atoms with Crippen LogP contribution in [0.2, 0.25) is 0 Å². The molecular formula is C23H22N2O3. The van der Waals surface area contributed by atoms with E-state index >= 15 is 0 Å². The SMILES string of the molecule is COCc1ccc2c3c(C(N)=O)cccc3n(Cc3ccc(OC)cc3)c2c1. The Bertz CT molecular complexity index is 1160. The normalized spacial score (nSPS) is 11.2. The van der Waals surface area contributed by atoms with Gasteiger partial charge in [-0.25, -0.2) is 0 Å². The maximum absolute atomic E-state index is 12.0. The van der Waals surface area contributed by atoms with E-state index in [1.165, 1.54) is 0 Å². The van der Waals surface area contributed by atoms with Gasteiger partial charge in [0, 0.05) is 35.5 Å². The minimum Gasteiger partial charge on any atom is -0.497 e. The summed E-state index contributed by atoms with van der Waals surface area (Å²) in [6.45, 7) is 1.20. The fourth-order valence-corrected chi connectivity index (χ4v) is 3.74. The van der Waals surface area contributed by atoms with Gasteiger partial charge in [-0.3, -0.25) is 4.79 Å². The van der Waals surface area contributed by atoms with Crippen LogP contribution in [0.25, 0.3) is 21.8 Å². The molecule has 2 N–H and O–H groups in total. The van der Waals surface area contributed by atoms with Crippen LogP contribution in [-0.2, 0) is 17.9 Å². The number of primary amides is 1. The Kier molecular flexibility index (Phi) is 4.75. The highest BCUT2D eigenvalue weighted by Gasteiger charge is 2.17. The predicted molar refractivity (Wildman–Crippen MR) is 111 cm³/mol. The van der Waals surface area contributed by atoms with Crippen molar-refractivity contribution in [2.45, 2.75) is 13.2 Å². The summed E-state index contributed by atoms with van der Waals surface area (Å²) < 4.78 is 12.8. The van der Waals surface area contributed by atoms with E-state index in [1.807, 2.05) is 48.5 Å². The Labute approximate surface area is 163 Å². The average molecular weight is 374 g/mol. The highest BCUT2D eigenvalue weighted by molar-refractivity contribution is 6.17. The van der Waals surface area contributed by atoms with Gasteiger partial charge in [-0.2, -0.15) is 0 Å². The summed E-state index contributed by atoms with van der Waals surface area (Å²) in [7, 11) is 3.34. The lowest BCUT2D eigenvalue weighted by Crippen LogP contribution is -2.11. The van der Waals surface area contributed by atoms with Crippen molar-refractivity contribution < 1.29 is 14.3 Å². The Balaban J connectivity index is 1.96. The van der Waals surface area contributed by atoms with Crippen LogP contribution in [0.3, 0.4) is 0 Å². The number of benzene rings is 3. The van der Waals surface area contributed by atoms with Crippen LogP contribution in [-0.4, -0.2) is 24.7 Å². The second-order valence-corrected chi connectivity index (χ2v) is 6.78. The lowest BCUT2D eigenvalue weighted by molar-refractivity contribution is 0.100. The number of aromatic nitrogens is 1. The van der Waals surface area contributed by atoms with E-state index in [9.17, 15) is 4.79 Å². The standard InChI is InChI=1S/C23H22N2O3/c1-27-14-16-8-11-18-21(12-16)25(13-15-6-9-17(28-2)10-7-15)20-5-3-4-19(22(18)20)23(24)26/h3-12H,13-14H2,1-2H3,(H2,24,26). The van der Waals surface area contributed by atoms with E-state index < -0.39 is 5.91 Å². The Hall–Kier alpha value is -3.31. The van der Waals surface area contributed by atoms with E-state index in [-0.39, 0.29) is 0 Å². The molecule has 28 heavy (non-hydrogen) atoms. The number of nitrogens with two attached hydrogens (primary N) is 1. The molecule has 0 aliphatic rings. The molecule has 0 fully saturated rings. The maximum atomic E-state index is 12.0. The van der Waals surface area contributed by atoms with Gasteiger partial charge >= 0.3 is 0 Å². The van der Waals surface area contributed by atoms with Crippen LogP contribution in [0.5, 0.6) is 5.75 Å². The van der Waals surface area contributed by atoms with Gasteiger partial charge in [0.15, 0.2) is 0 Å². The fraction of sp³-hybridized carbons (Fsp3) is 0.174. The van der Waals surface area contributed by atoms with Gasteiger partial charge in [0.2, 0.25) is 5.91 Å². The topological polar surface area (TPSA) is 66.5 Å². The number of methoxy groups -OCH3 is 2. The van der Waals surface area contributed by atoms with Gasteiger partial charge in [0.05, 0.1) is 19.2 Å². The minimum absolute atomic E-state index is 0.421. The van der Waals surface area contributed by atoms with Gasteiger partial charge in [0.25, 0.3) is 0 Å². The average Bonchev–Trinajstić information content (AvgIpc) is 3.02. The molecular weight excluding hydrogens is 352 g/mol. The predicted octanol–water partition coefficient (Wildman–Crippen LogP) is 4.10. The van der Waals surface area contributed by atoms with Gasteiger partial charge in [-0.15, -0.1) is 0 Å².